The van der Waals surface area contributed by atoms with Gasteiger partial charge in [-0.05, 0) is 19.1 Å². The van der Waals surface area contributed by atoms with Crippen molar-refractivity contribution < 1.29 is 9.90 Å². The number of hydrogen-bond acceptors (Lipinski definition) is 2. The molecule has 2 aromatic heterocycles. The average molecular weight is 206 g/mol. The Morgan fingerprint density at radius 1 is 1.40 bits per heavy atom. The van der Waals surface area contributed by atoms with Gasteiger partial charge in [-0.15, -0.1) is 0 Å². The summed E-state index contributed by atoms with van der Waals surface area (Å²) < 4.78 is 1.75. The average Bonchev–Trinajstić information content (AvgIpc) is 2.60. The van der Waals surface area contributed by atoms with Gasteiger partial charge in [0.15, 0.2) is 5.69 Å². The van der Waals surface area contributed by atoms with E-state index in [0.29, 0.717) is 11.3 Å². The molecule has 0 amide bonds. The number of fused-ring (bicyclic) bond motifs is 1. The van der Waals surface area contributed by atoms with Crippen molar-refractivity contribution in [3.63, 3.8) is 0 Å². The van der Waals surface area contributed by atoms with E-state index < -0.39 is 5.97 Å². The second kappa shape index (κ2) is 4.59. The zero-order valence-corrected chi connectivity index (χ0v) is 9.06. The molecule has 0 bridgehead atoms. The summed E-state index contributed by atoms with van der Waals surface area (Å²) in [5.41, 5.74) is 1.44. The maximum atomic E-state index is 10.7. The smallest absolute Gasteiger partial charge is 0.356 e. The first-order chi connectivity index (χ1) is 7.20. The van der Waals surface area contributed by atoms with Gasteiger partial charge in [-0.25, -0.2) is 9.78 Å². The summed E-state index contributed by atoms with van der Waals surface area (Å²) in [6, 6.07) is 5.44. The maximum Gasteiger partial charge on any atom is 0.356 e. The molecule has 4 nitrogen and oxygen atoms in total. The van der Waals surface area contributed by atoms with E-state index in [9.17, 15) is 4.79 Å². The van der Waals surface area contributed by atoms with Crippen molar-refractivity contribution in [3.8, 4) is 0 Å². The van der Waals surface area contributed by atoms with Crippen molar-refractivity contribution in [2.24, 2.45) is 0 Å². The lowest BCUT2D eigenvalue weighted by molar-refractivity contribution is 0.0690. The zero-order valence-electron chi connectivity index (χ0n) is 9.06. The van der Waals surface area contributed by atoms with Crippen LogP contribution >= 0.6 is 0 Å². The second-order valence-corrected chi connectivity index (χ2v) is 2.78. The lowest BCUT2D eigenvalue weighted by Crippen LogP contribution is -1.99. The van der Waals surface area contributed by atoms with E-state index in [0.717, 1.165) is 0 Å². The highest BCUT2D eigenvalue weighted by atomic mass is 16.4. The molecule has 0 unspecified atom stereocenters. The number of carboxylic acid groups (broad SMARTS) is 1. The molecule has 0 saturated heterocycles. The Morgan fingerprint density at radius 3 is 2.60 bits per heavy atom. The van der Waals surface area contributed by atoms with E-state index >= 15 is 0 Å². The van der Waals surface area contributed by atoms with Crippen LogP contribution in [-0.2, 0) is 0 Å². The third-order valence-corrected chi connectivity index (χ3v) is 1.97. The predicted octanol–water partition coefficient (Wildman–Crippen LogP) is 2.37. The van der Waals surface area contributed by atoms with E-state index in [4.69, 9.17) is 5.11 Å². The molecule has 2 heterocycles. The molecule has 0 saturated carbocycles. The van der Waals surface area contributed by atoms with Crippen LogP contribution in [-0.4, -0.2) is 20.5 Å². The Morgan fingerprint density at radius 2 is 2.07 bits per heavy atom. The summed E-state index contributed by atoms with van der Waals surface area (Å²) in [4.78, 5) is 14.7. The van der Waals surface area contributed by atoms with Gasteiger partial charge in [-0.1, -0.05) is 19.9 Å². The minimum Gasteiger partial charge on any atom is -0.476 e. The normalized spacial score (nSPS) is 9.53. The van der Waals surface area contributed by atoms with Crippen LogP contribution in [0.3, 0.4) is 0 Å². The van der Waals surface area contributed by atoms with Gasteiger partial charge >= 0.3 is 5.97 Å². The highest BCUT2D eigenvalue weighted by molar-refractivity contribution is 5.87. The summed E-state index contributed by atoms with van der Waals surface area (Å²) >= 11 is 0. The molecule has 0 aliphatic rings. The summed E-state index contributed by atoms with van der Waals surface area (Å²) in [5, 5.41) is 8.79. The van der Waals surface area contributed by atoms with Crippen LogP contribution in [0.15, 0.2) is 24.4 Å². The van der Waals surface area contributed by atoms with E-state index in [1.54, 1.807) is 23.6 Å². The van der Waals surface area contributed by atoms with E-state index in [1.807, 2.05) is 26.0 Å². The summed E-state index contributed by atoms with van der Waals surface area (Å²) in [7, 11) is 0. The Hall–Kier alpha value is -1.84. The minimum atomic E-state index is -0.985. The van der Waals surface area contributed by atoms with Gasteiger partial charge < -0.3 is 9.51 Å². The fourth-order valence-corrected chi connectivity index (χ4v) is 1.32. The van der Waals surface area contributed by atoms with Crippen LogP contribution in [0.25, 0.3) is 5.65 Å². The van der Waals surface area contributed by atoms with Gasteiger partial charge in [-0.3, -0.25) is 0 Å². The van der Waals surface area contributed by atoms with Crippen molar-refractivity contribution in [1.82, 2.24) is 9.38 Å². The molecule has 0 fully saturated rings. The summed E-state index contributed by atoms with van der Waals surface area (Å²) in [5.74, 6) is -0.985. The van der Waals surface area contributed by atoms with Crippen molar-refractivity contribution in [2.45, 2.75) is 20.8 Å². The fraction of sp³-hybridized carbons (Fsp3) is 0.273. The number of carbonyl (C=O) groups is 1. The van der Waals surface area contributed by atoms with Gasteiger partial charge in [-0.2, -0.15) is 0 Å². The van der Waals surface area contributed by atoms with Crippen LogP contribution < -0.4 is 0 Å². The minimum absolute atomic E-state index is 0.117. The van der Waals surface area contributed by atoms with Crippen LogP contribution in [0.4, 0.5) is 0 Å². The Bertz CT molecular complexity index is 474. The lowest BCUT2D eigenvalue weighted by atomic mass is 10.3. The fourth-order valence-electron chi connectivity index (χ4n) is 1.32. The molecule has 0 aliphatic heterocycles. The molecule has 80 valence electrons. The lowest BCUT2D eigenvalue weighted by Gasteiger charge is -1.93. The molecule has 0 radical (unpaired) electrons. The van der Waals surface area contributed by atoms with E-state index in [2.05, 4.69) is 4.98 Å². The molecule has 0 aliphatic carbocycles. The predicted molar refractivity (Wildman–Crippen MR) is 58.2 cm³/mol. The number of aryl methyl sites for hydroxylation is 1. The molecule has 4 heteroatoms. The number of aromatic nitrogens is 2. The van der Waals surface area contributed by atoms with Gasteiger partial charge in [0.05, 0.1) is 5.69 Å². The molecule has 2 rings (SSSR count). The number of aromatic carboxylic acids is 1. The largest absolute Gasteiger partial charge is 0.476 e. The molecule has 15 heavy (non-hydrogen) atoms. The maximum absolute atomic E-state index is 10.7. The first-order valence-electron chi connectivity index (χ1n) is 4.87. The quantitative estimate of drug-likeness (QED) is 0.779. The number of imidazole rings is 1. The third-order valence-electron chi connectivity index (χ3n) is 1.97. The third kappa shape index (κ3) is 1.98. The first-order valence-corrected chi connectivity index (χ1v) is 4.87. The van der Waals surface area contributed by atoms with Gasteiger partial charge in [0.1, 0.15) is 5.65 Å². The molecular weight excluding hydrogens is 192 g/mol. The molecule has 2 aromatic rings. The highest BCUT2D eigenvalue weighted by Gasteiger charge is 2.13. The number of pyridine rings is 1. The SMILES string of the molecule is CC.Cc1c(C(=O)O)nc2ccccn12. The van der Waals surface area contributed by atoms with E-state index in [-0.39, 0.29) is 5.69 Å². The standard InChI is InChI=1S/C9H8N2O2.C2H6/c1-6-8(9(12)13)10-7-4-2-3-5-11(6)7;1-2/h2-5H,1H3,(H,12,13);1-2H3. The monoisotopic (exact) mass is 206 g/mol. The molecule has 0 aromatic carbocycles. The van der Waals surface area contributed by atoms with Gasteiger partial charge in [0.25, 0.3) is 0 Å². The van der Waals surface area contributed by atoms with E-state index in [1.165, 1.54) is 0 Å². The van der Waals surface area contributed by atoms with Crippen molar-refractivity contribution in [3.05, 3.63) is 35.8 Å². The van der Waals surface area contributed by atoms with Gasteiger partial charge in [0.2, 0.25) is 0 Å². The number of hydrogen-bond donors (Lipinski definition) is 1. The second-order valence-electron chi connectivity index (χ2n) is 2.78. The van der Waals surface area contributed by atoms with Crippen LogP contribution in [0, 0.1) is 6.92 Å². The Labute approximate surface area is 88.2 Å². The molecule has 1 N–H and O–H groups in total. The van der Waals surface area contributed by atoms with Crippen LogP contribution in [0.1, 0.15) is 30.0 Å². The van der Waals surface area contributed by atoms with Crippen LogP contribution in [0.2, 0.25) is 0 Å². The summed E-state index contributed by atoms with van der Waals surface area (Å²) in [6.45, 7) is 5.74. The molecule has 0 atom stereocenters. The topological polar surface area (TPSA) is 54.6 Å². The molecular formula is C11H14N2O2. The first kappa shape index (κ1) is 11.2. The van der Waals surface area contributed by atoms with Crippen molar-refractivity contribution in [2.75, 3.05) is 0 Å². The zero-order chi connectivity index (χ0) is 11.4. The van der Waals surface area contributed by atoms with Crippen molar-refractivity contribution >= 4 is 11.6 Å². The number of carboxylic acids is 1. The Kier molecular flexibility index (Phi) is 3.44. The van der Waals surface area contributed by atoms with Crippen molar-refractivity contribution in [1.29, 1.82) is 0 Å². The van der Waals surface area contributed by atoms with Gasteiger partial charge in [0, 0.05) is 6.20 Å². The molecule has 0 spiro atoms. The highest BCUT2D eigenvalue weighted by Crippen LogP contribution is 2.10. The van der Waals surface area contributed by atoms with Crippen LogP contribution in [0.5, 0.6) is 0 Å². The number of nitrogens with zero attached hydrogens (tertiary/aromatic N) is 2. The number of rotatable bonds is 1. The Balaban J connectivity index is 0.000000531. The summed E-state index contributed by atoms with van der Waals surface area (Å²) in [6.07, 6.45) is 1.80.